The van der Waals surface area contributed by atoms with Crippen molar-refractivity contribution in [1.29, 1.82) is 0 Å². The van der Waals surface area contributed by atoms with Gasteiger partial charge < -0.3 is 12.3 Å². The summed E-state index contributed by atoms with van der Waals surface area (Å²) in [5, 5.41) is 0. The summed E-state index contributed by atoms with van der Waals surface area (Å²) in [6.45, 7) is 0. The topological polar surface area (TPSA) is 174 Å². The van der Waals surface area contributed by atoms with Gasteiger partial charge in [0.05, 0.1) is 0 Å². The van der Waals surface area contributed by atoms with Gasteiger partial charge in [0, 0.05) is 0 Å². The number of hydrogen-bond acceptors (Lipinski definition) is 9. The maximum atomic E-state index is 10.3. The average molecular weight is 356 g/mol. The van der Waals surface area contributed by atoms with Gasteiger partial charge in [-0.25, -0.2) is 0 Å². The first-order valence-corrected chi connectivity index (χ1v) is 7.79. The molecule has 0 aliphatic carbocycles. The van der Waals surface area contributed by atoms with Crippen LogP contribution in [0.5, 0.6) is 0 Å². The van der Waals surface area contributed by atoms with Crippen molar-refractivity contribution in [2.45, 2.75) is 0 Å². The van der Waals surface area contributed by atoms with Crippen LogP contribution in [0.4, 0.5) is 0 Å². The van der Waals surface area contributed by atoms with Crippen LogP contribution in [0.25, 0.3) is 0 Å². The molecule has 0 aromatic heterocycles. The molecule has 94 valence electrons. The minimum atomic E-state index is -4.32. The quantitative estimate of drug-likeness (QED) is 0.252. The molecule has 0 rings (SSSR count). The van der Waals surface area contributed by atoms with Gasteiger partial charge in [0.2, 0.25) is 0 Å². The van der Waals surface area contributed by atoms with Gasteiger partial charge in [0.15, 0.2) is 0 Å². The van der Waals surface area contributed by atoms with Crippen molar-refractivity contribution in [2.75, 3.05) is 0 Å². The summed E-state index contributed by atoms with van der Waals surface area (Å²) < 4.78 is 57.5. The second-order valence-electron chi connectivity index (χ2n) is 1.20. The predicted molar refractivity (Wildman–Crippen MR) is 70.5 cm³/mol. The van der Waals surface area contributed by atoms with Crippen molar-refractivity contribution in [2.24, 2.45) is 0 Å². The van der Waals surface area contributed by atoms with Crippen LogP contribution in [-0.4, -0.2) is 80.2 Å². The van der Waals surface area contributed by atoms with E-state index in [1.165, 1.54) is 0 Å². The molecule has 0 aromatic rings. The summed E-state index contributed by atoms with van der Waals surface area (Å²) in [7, 11) is -8.65. The fourth-order valence-corrected chi connectivity index (χ4v) is 2.46. The molecule has 0 atom stereocenters. The first-order valence-electron chi connectivity index (χ1n) is 1.87. The Kier molecular flexibility index (Phi) is 24.6. The molecular weight excluding hydrogens is 346 g/mol. The molecule has 0 fully saturated rings. The van der Waals surface area contributed by atoms with Gasteiger partial charge in [-0.1, -0.05) is 0 Å². The Morgan fingerprint density at radius 1 is 0.812 bits per heavy atom. The van der Waals surface area contributed by atoms with Crippen molar-refractivity contribution < 1.29 is 28.3 Å². The summed E-state index contributed by atoms with van der Waals surface area (Å²) >= 11 is 2.61. The van der Waals surface area contributed by atoms with E-state index >= 15 is 0 Å². The Bertz CT molecular complexity index is 336. The van der Waals surface area contributed by atoms with E-state index in [1.807, 2.05) is 0 Å². The molecular formula is H10N2Na2O7S5. The second-order valence-corrected chi connectivity index (χ2v) is 7.09. The van der Waals surface area contributed by atoms with Gasteiger partial charge in [-0.05, 0) is 23.3 Å². The molecule has 0 aliphatic rings. The fourth-order valence-electron chi connectivity index (χ4n) is 0.152. The normalized spacial score (nSPS) is 10.2. The Morgan fingerprint density at radius 3 is 1.12 bits per heavy atom. The van der Waals surface area contributed by atoms with Crippen molar-refractivity contribution in [1.82, 2.24) is 12.3 Å². The van der Waals surface area contributed by atoms with Crippen molar-refractivity contribution in [3.63, 3.8) is 0 Å². The summed E-state index contributed by atoms with van der Waals surface area (Å²) in [6, 6.07) is 0. The predicted octanol–water partition coefficient (Wildman–Crippen LogP) is -2.03. The molecule has 0 amide bonds. The van der Waals surface area contributed by atoms with Crippen molar-refractivity contribution in [3.8, 4) is 0 Å². The van der Waals surface area contributed by atoms with Crippen LogP contribution in [-0.2, 0) is 36.9 Å². The monoisotopic (exact) mass is 356 g/mol. The van der Waals surface area contributed by atoms with E-state index in [0.29, 0.717) is 0 Å². The van der Waals surface area contributed by atoms with Crippen molar-refractivity contribution >= 4 is 112 Å². The molecule has 9 nitrogen and oxygen atoms in total. The summed E-state index contributed by atoms with van der Waals surface area (Å²) in [6.07, 6.45) is 0. The molecule has 16 heavy (non-hydrogen) atoms. The van der Waals surface area contributed by atoms with E-state index in [0.717, 1.165) is 0 Å². The van der Waals surface area contributed by atoms with E-state index in [1.54, 1.807) is 0 Å². The van der Waals surface area contributed by atoms with Gasteiger partial charge in [-0.15, -0.1) is 7.26 Å². The first kappa shape index (κ1) is 31.1. The standard InChI is InChI=1S/2H3N.2Na.H2O7S5.2H/c;;;;1-10(6-11(2,3)8)7-12(4,5)9;;/h2*1H3;;;(H,2,3,8)(H,4,5,9);;. The minimum absolute atomic E-state index is 0. The van der Waals surface area contributed by atoms with E-state index in [-0.39, 0.29) is 71.4 Å². The third-order valence-corrected chi connectivity index (χ3v) is 3.64. The molecule has 0 spiro atoms. The van der Waals surface area contributed by atoms with Crippen molar-refractivity contribution in [3.05, 3.63) is 0 Å². The van der Waals surface area contributed by atoms with Crippen LogP contribution in [0.2, 0.25) is 0 Å². The Balaban J connectivity index is -0.000000101. The number of rotatable bonds is 4. The summed E-state index contributed by atoms with van der Waals surface area (Å²) in [4.78, 5) is 0. The molecule has 0 heterocycles. The molecule has 0 bridgehead atoms. The second kappa shape index (κ2) is 12.6. The maximum absolute atomic E-state index is 10.3. The Hall–Kier alpha value is 2.59. The van der Waals surface area contributed by atoms with Crippen LogP contribution < -0.4 is 12.3 Å². The molecule has 0 saturated carbocycles. The fraction of sp³-hybridized carbons (Fsp3) is 0. The average Bonchev–Trinajstić information content (AvgIpc) is 1.49. The van der Waals surface area contributed by atoms with E-state index in [4.69, 9.17) is 0 Å². The van der Waals surface area contributed by atoms with Gasteiger partial charge in [0.1, 0.15) is 0 Å². The van der Waals surface area contributed by atoms with Gasteiger partial charge >= 0.3 is 88.8 Å². The molecule has 16 heteroatoms. The van der Waals surface area contributed by atoms with E-state index < -0.39 is 29.7 Å². The van der Waals surface area contributed by atoms with Crippen LogP contribution in [0.3, 0.4) is 0 Å². The zero-order chi connectivity index (χ0) is 9.99. The Labute approximate surface area is 150 Å². The number of hydrogen-bond donors (Lipinski definition) is 4. The molecule has 6 N–H and O–H groups in total. The summed E-state index contributed by atoms with van der Waals surface area (Å²) in [5.74, 6) is 0. The van der Waals surface area contributed by atoms with Gasteiger partial charge in [0.25, 0.3) is 0 Å². The third-order valence-electron chi connectivity index (χ3n) is 0.283. The van der Waals surface area contributed by atoms with E-state index in [9.17, 15) is 21.0 Å². The third kappa shape index (κ3) is 25.4. The zero-order valence-corrected chi connectivity index (χ0v) is 10.6. The van der Waals surface area contributed by atoms with Crippen LogP contribution >= 0.6 is 23.3 Å². The van der Waals surface area contributed by atoms with Crippen LogP contribution in [0.15, 0.2) is 0 Å². The number of thiol groups is 2. The van der Waals surface area contributed by atoms with Crippen LogP contribution in [0, 0.1) is 0 Å². The summed E-state index contributed by atoms with van der Waals surface area (Å²) in [5.41, 5.74) is 0. The van der Waals surface area contributed by atoms with E-state index in [2.05, 4.69) is 30.6 Å². The molecule has 0 aromatic carbocycles. The molecule has 0 radical (unpaired) electrons. The zero-order valence-electron chi connectivity index (χ0n) is 6.39. The molecule has 0 aliphatic heterocycles. The molecule has 0 unspecified atom stereocenters. The van der Waals surface area contributed by atoms with Crippen LogP contribution in [0.1, 0.15) is 0 Å². The SMILES string of the molecule is N.N.O=S(OS(=O)(=O)S)OS(=O)(=O)S.[NaH].[NaH]. The molecule has 0 saturated heterocycles. The Morgan fingerprint density at radius 2 is 1.00 bits per heavy atom. The van der Waals surface area contributed by atoms with Gasteiger partial charge in [-0.2, -0.15) is 21.0 Å². The first-order chi connectivity index (χ1) is 5.10. The van der Waals surface area contributed by atoms with Gasteiger partial charge in [-0.3, -0.25) is 0 Å².